The monoisotopic (exact) mass is 517 g/mol. The lowest BCUT2D eigenvalue weighted by atomic mass is 10.1. The molecule has 0 aliphatic carbocycles. The van der Waals surface area contributed by atoms with Crippen LogP contribution in [0.25, 0.3) is 22.2 Å². The van der Waals surface area contributed by atoms with Gasteiger partial charge < -0.3 is 29.7 Å². The number of carbonyl (C=O) groups excluding carboxylic acids is 1. The van der Waals surface area contributed by atoms with E-state index >= 15 is 0 Å². The topological polar surface area (TPSA) is 87.6 Å². The molecule has 9 nitrogen and oxygen atoms in total. The zero-order valence-electron chi connectivity index (χ0n) is 22.2. The van der Waals surface area contributed by atoms with Gasteiger partial charge in [0.05, 0.1) is 30.2 Å². The van der Waals surface area contributed by atoms with E-state index < -0.39 is 0 Å². The van der Waals surface area contributed by atoms with Crippen LogP contribution >= 0.6 is 0 Å². The molecule has 0 unspecified atom stereocenters. The molecular formula is C28H32FN7O2. The highest BCUT2D eigenvalue weighted by molar-refractivity contribution is 5.97. The highest BCUT2D eigenvalue weighted by Crippen LogP contribution is 2.37. The second-order valence-electron chi connectivity index (χ2n) is 9.79. The lowest BCUT2D eigenvalue weighted by Gasteiger charge is -2.24. The van der Waals surface area contributed by atoms with Crippen molar-refractivity contribution in [2.45, 2.75) is 19.4 Å². The van der Waals surface area contributed by atoms with Crippen molar-refractivity contribution < 1.29 is 13.9 Å². The van der Waals surface area contributed by atoms with Gasteiger partial charge in [-0.3, -0.25) is 4.79 Å². The molecule has 5 rings (SSSR count). The normalized spacial score (nSPS) is 15.3. The smallest absolute Gasteiger partial charge is 0.227 e. The van der Waals surface area contributed by atoms with E-state index in [-0.39, 0.29) is 11.7 Å². The summed E-state index contributed by atoms with van der Waals surface area (Å²) < 4.78 is 21.8. The molecule has 1 amide bonds. The van der Waals surface area contributed by atoms with Crippen molar-refractivity contribution in [3.8, 4) is 17.0 Å². The third kappa shape index (κ3) is 4.87. The zero-order chi connectivity index (χ0) is 27.0. The summed E-state index contributed by atoms with van der Waals surface area (Å²) in [6, 6.07) is 11.3. The summed E-state index contributed by atoms with van der Waals surface area (Å²) >= 11 is 0. The maximum Gasteiger partial charge on any atom is 0.227 e. The quantitative estimate of drug-likeness (QED) is 0.370. The minimum absolute atomic E-state index is 0.141. The average Bonchev–Trinajstić information content (AvgIpc) is 3.50. The second-order valence-corrected chi connectivity index (χ2v) is 9.79. The van der Waals surface area contributed by atoms with Crippen molar-refractivity contribution in [1.82, 2.24) is 19.4 Å². The predicted octanol–water partition coefficient (Wildman–Crippen LogP) is 4.63. The third-order valence-corrected chi connectivity index (χ3v) is 6.98. The first-order valence-corrected chi connectivity index (χ1v) is 12.5. The van der Waals surface area contributed by atoms with Gasteiger partial charge in [-0.05, 0) is 44.8 Å². The molecular weight excluding hydrogens is 485 g/mol. The number of fused-ring (bicyclic) bond motifs is 1. The van der Waals surface area contributed by atoms with Crippen molar-refractivity contribution in [3.63, 3.8) is 0 Å². The summed E-state index contributed by atoms with van der Waals surface area (Å²) in [7, 11) is 7.54. The fourth-order valence-electron chi connectivity index (χ4n) is 5.07. The van der Waals surface area contributed by atoms with E-state index in [0.717, 1.165) is 47.5 Å². The molecule has 1 aliphatic heterocycles. The van der Waals surface area contributed by atoms with Gasteiger partial charge in [-0.1, -0.05) is 12.1 Å². The fraction of sp³-hybridized carbons (Fsp3) is 0.321. The zero-order valence-corrected chi connectivity index (χ0v) is 22.2. The summed E-state index contributed by atoms with van der Waals surface area (Å²) in [6.07, 6.45) is 4.49. The number of benzene rings is 2. The van der Waals surface area contributed by atoms with E-state index in [0.29, 0.717) is 29.0 Å². The second kappa shape index (κ2) is 10.3. The Hall–Kier alpha value is -4.18. The van der Waals surface area contributed by atoms with Crippen molar-refractivity contribution in [3.05, 3.63) is 54.6 Å². The van der Waals surface area contributed by atoms with Crippen LogP contribution in [0.2, 0.25) is 0 Å². The summed E-state index contributed by atoms with van der Waals surface area (Å²) in [5.41, 5.74) is 4.20. The van der Waals surface area contributed by atoms with Gasteiger partial charge in [-0.2, -0.15) is 0 Å². The summed E-state index contributed by atoms with van der Waals surface area (Å²) in [6.45, 7) is 3.31. The average molecular weight is 518 g/mol. The van der Waals surface area contributed by atoms with E-state index in [2.05, 4.69) is 39.5 Å². The number of rotatable bonds is 7. The molecule has 1 aliphatic rings. The number of hydrogen-bond acceptors (Lipinski definition) is 7. The van der Waals surface area contributed by atoms with Gasteiger partial charge in [-0.25, -0.2) is 14.4 Å². The van der Waals surface area contributed by atoms with Crippen LogP contribution < -0.4 is 20.3 Å². The van der Waals surface area contributed by atoms with Gasteiger partial charge in [0.25, 0.3) is 0 Å². The van der Waals surface area contributed by atoms with Gasteiger partial charge in [0, 0.05) is 55.9 Å². The van der Waals surface area contributed by atoms with Gasteiger partial charge >= 0.3 is 0 Å². The van der Waals surface area contributed by atoms with Gasteiger partial charge in [0.1, 0.15) is 11.5 Å². The molecule has 0 spiro atoms. The molecule has 38 heavy (non-hydrogen) atoms. The van der Waals surface area contributed by atoms with Crippen molar-refractivity contribution in [2.24, 2.45) is 7.05 Å². The number of anilines is 4. The number of nitrogens with one attached hydrogen (secondary N) is 2. The Balaban J connectivity index is 1.49. The molecule has 0 radical (unpaired) electrons. The molecule has 10 heteroatoms. The minimum atomic E-state index is -0.303. The molecule has 3 heterocycles. The lowest BCUT2D eigenvalue weighted by molar-refractivity contribution is -0.114. The van der Waals surface area contributed by atoms with E-state index in [4.69, 9.17) is 9.72 Å². The molecule has 1 fully saturated rings. The number of para-hydroxylation sites is 1. The number of methoxy groups -OCH3 is 1. The maximum atomic E-state index is 14.5. The first kappa shape index (κ1) is 25.5. The molecule has 1 saturated heterocycles. The Morgan fingerprint density at radius 1 is 1.24 bits per heavy atom. The highest BCUT2D eigenvalue weighted by atomic mass is 19.1. The Kier molecular flexibility index (Phi) is 6.90. The van der Waals surface area contributed by atoms with Crippen LogP contribution in [0.3, 0.4) is 0 Å². The number of amides is 1. The summed E-state index contributed by atoms with van der Waals surface area (Å²) in [5.74, 6) is 0.386. The van der Waals surface area contributed by atoms with Crippen LogP contribution in [0.15, 0.2) is 48.8 Å². The fourth-order valence-corrected chi connectivity index (χ4v) is 5.07. The van der Waals surface area contributed by atoms with Gasteiger partial charge in [0.2, 0.25) is 11.9 Å². The van der Waals surface area contributed by atoms with E-state index in [1.165, 1.54) is 13.0 Å². The Morgan fingerprint density at radius 2 is 2.05 bits per heavy atom. The van der Waals surface area contributed by atoms with E-state index in [1.807, 2.05) is 30.5 Å². The SMILES string of the molecule is COc1cnc(Nc2ccc(N3CC[C@@H](N(C)C)C3)c(NC(C)=O)c2)nc1-c1cn(C)c2c(F)cccc12. The van der Waals surface area contributed by atoms with Crippen LogP contribution in [-0.2, 0) is 11.8 Å². The number of nitrogens with zero attached hydrogens (tertiary/aromatic N) is 5. The van der Waals surface area contributed by atoms with Crippen LogP contribution in [0.5, 0.6) is 5.75 Å². The maximum absolute atomic E-state index is 14.5. The number of ether oxygens (including phenoxy) is 1. The molecule has 0 bridgehead atoms. The predicted molar refractivity (Wildman–Crippen MR) is 149 cm³/mol. The number of carbonyl (C=O) groups is 1. The largest absolute Gasteiger partial charge is 0.493 e. The Morgan fingerprint density at radius 3 is 2.76 bits per heavy atom. The number of halogens is 1. The van der Waals surface area contributed by atoms with Crippen molar-refractivity contribution in [1.29, 1.82) is 0 Å². The van der Waals surface area contributed by atoms with Crippen molar-refractivity contribution in [2.75, 3.05) is 49.8 Å². The number of aromatic nitrogens is 3. The third-order valence-electron chi connectivity index (χ3n) is 6.98. The molecule has 0 saturated carbocycles. The summed E-state index contributed by atoms with van der Waals surface area (Å²) in [5, 5.41) is 6.96. The first-order valence-electron chi connectivity index (χ1n) is 12.5. The molecule has 4 aromatic rings. The van der Waals surface area contributed by atoms with Gasteiger partial charge in [-0.15, -0.1) is 0 Å². The molecule has 2 N–H and O–H groups in total. The first-order chi connectivity index (χ1) is 18.2. The summed E-state index contributed by atoms with van der Waals surface area (Å²) in [4.78, 5) is 25.7. The van der Waals surface area contributed by atoms with E-state index in [1.54, 1.807) is 31.0 Å². The van der Waals surface area contributed by atoms with Gasteiger partial charge in [0.15, 0.2) is 5.75 Å². The standard InChI is InChI=1S/C28H32FN7O2/c1-17(37)31-23-13-18(9-10-24(23)36-12-11-19(15-36)34(2)3)32-28-30-14-25(38-5)26(33-28)21-16-35(4)27-20(21)7-6-8-22(27)29/h6-10,13-14,16,19H,11-12,15H2,1-5H3,(H,31,37)(H,30,32,33)/t19-/m1/s1. The van der Waals surface area contributed by atoms with Crippen LogP contribution in [0.4, 0.5) is 27.4 Å². The molecule has 2 aromatic heterocycles. The number of hydrogen-bond donors (Lipinski definition) is 2. The highest BCUT2D eigenvalue weighted by Gasteiger charge is 2.26. The minimum Gasteiger partial charge on any atom is -0.493 e. The molecule has 2 aromatic carbocycles. The van der Waals surface area contributed by atoms with Crippen LogP contribution in [0.1, 0.15) is 13.3 Å². The van der Waals surface area contributed by atoms with Crippen LogP contribution in [-0.4, -0.2) is 65.7 Å². The van der Waals surface area contributed by atoms with E-state index in [9.17, 15) is 9.18 Å². The Labute approximate surface area is 221 Å². The van der Waals surface area contributed by atoms with Crippen molar-refractivity contribution >= 4 is 39.8 Å². The molecule has 1 atom stereocenters. The lowest BCUT2D eigenvalue weighted by Crippen LogP contribution is -2.31. The number of likely N-dealkylation sites (N-methyl/N-ethyl adjacent to an activating group) is 1. The van der Waals surface area contributed by atoms with Crippen LogP contribution in [0, 0.1) is 5.82 Å². The Bertz CT molecular complexity index is 1500. The number of aryl methyl sites for hydroxylation is 1. The molecule has 198 valence electrons.